The van der Waals surface area contributed by atoms with Gasteiger partial charge in [0.1, 0.15) is 17.4 Å². The Labute approximate surface area is 183 Å². The van der Waals surface area contributed by atoms with Gasteiger partial charge in [-0.15, -0.1) is 0 Å². The van der Waals surface area contributed by atoms with Gasteiger partial charge in [0.15, 0.2) is 0 Å². The molecule has 0 aliphatic carbocycles. The summed E-state index contributed by atoms with van der Waals surface area (Å²) in [5.74, 6) is -0.436. The first kappa shape index (κ1) is 23.0. The van der Waals surface area contributed by atoms with Crippen LogP contribution in [0.5, 0.6) is 5.75 Å². The molecule has 2 unspecified atom stereocenters. The Morgan fingerprint density at radius 3 is 2.74 bits per heavy atom. The van der Waals surface area contributed by atoms with E-state index in [1.54, 1.807) is 4.90 Å². The standard InChI is InChI=1S/C25H32F2N2O2/c1-2-3-4-8-18(20-13-12-19(26)17-22(20)27)14-15-29(25(28)30)23-10-7-16-31-24-11-6-5-9-21(23)24/h5-6,9,11-13,17-18,23H,2-4,7-8,10,14-16H2,1H3,(H2,28,30). The van der Waals surface area contributed by atoms with E-state index in [2.05, 4.69) is 6.92 Å². The average molecular weight is 431 g/mol. The van der Waals surface area contributed by atoms with Crippen LogP contribution in [0.15, 0.2) is 42.5 Å². The number of carbonyl (C=O) groups is 1. The lowest BCUT2D eigenvalue weighted by Gasteiger charge is -2.32. The van der Waals surface area contributed by atoms with Gasteiger partial charge in [-0.1, -0.05) is 50.5 Å². The molecule has 2 atom stereocenters. The fourth-order valence-corrected chi connectivity index (χ4v) is 4.47. The Kier molecular flexibility index (Phi) is 8.27. The number of urea groups is 1. The van der Waals surface area contributed by atoms with E-state index in [0.717, 1.165) is 55.9 Å². The van der Waals surface area contributed by atoms with Crippen LogP contribution in [0.4, 0.5) is 13.6 Å². The van der Waals surface area contributed by atoms with Crippen molar-refractivity contribution < 1.29 is 18.3 Å². The molecule has 6 heteroatoms. The molecule has 1 aliphatic rings. The van der Waals surface area contributed by atoms with Crippen LogP contribution in [0.3, 0.4) is 0 Å². The highest BCUT2D eigenvalue weighted by Crippen LogP contribution is 2.37. The summed E-state index contributed by atoms with van der Waals surface area (Å²) in [6, 6.07) is 10.8. The van der Waals surface area contributed by atoms with Gasteiger partial charge in [-0.2, -0.15) is 0 Å². The highest BCUT2D eigenvalue weighted by atomic mass is 19.1. The SMILES string of the molecule is CCCCCC(CCN(C(N)=O)C1CCCOc2ccccc21)c1ccc(F)cc1F. The predicted molar refractivity (Wildman–Crippen MR) is 118 cm³/mol. The summed E-state index contributed by atoms with van der Waals surface area (Å²) in [7, 11) is 0. The minimum atomic E-state index is -0.581. The van der Waals surface area contributed by atoms with Crippen LogP contribution in [-0.4, -0.2) is 24.1 Å². The molecule has 0 fully saturated rings. The molecule has 31 heavy (non-hydrogen) atoms. The molecular formula is C25H32F2N2O2. The van der Waals surface area contributed by atoms with Crippen LogP contribution in [0.25, 0.3) is 0 Å². The topological polar surface area (TPSA) is 55.6 Å². The molecule has 4 nitrogen and oxygen atoms in total. The number of para-hydroxylation sites is 1. The summed E-state index contributed by atoms with van der Waals surface area (Å²) < 4.78 is 33.8. The molecule has 2 aromatic carbocycles. The third-order valence-electron chi connectivity index (χ3n) is 6.09. The summed E-state index contributed by atoms with van der Waals surface area (Å²) in [5, 5.41) is 0. The molecule has 0 saturated carbocycles. The zero-order chi connectivity index (χ0) is 22.2. The van der Waals surface area contributed by atoms with Gasteiger partial charge in [0.2, 0.25) is 0 Å². The fourth-order valence-electron chi connectivity index (χ4n) is 4.47. The first-order valence-electron chi connectivity index (χ1n) is 11.2. The van der Waals surface area contributed by atoms with Crippen LogP contribution >= 0.6 is 0 Å². The zero-order valence-electron chi connectivity index (χ0n) is 18.2. The molecule has 0 spiro atoms. The third kappa shape index (κ3) is 5.96. The Balaban J connectivity index is 1.81. The number of primary amides is 1. The fraction of sp³-hybridized carbons (Fsp3) is 0.480. The Morgan fingerprint density at radius 2 is 2.00 bits per heavy atom. The smallest absolute Gasteiger partial charge is 0.315 e. The molecule has 3 rings (SSSR count). The first-order valence-corrected chi connectivity index (χ1v) is 11.2. The molecule has 2 aromatic rings. The van der Waals surface area contributed by atoms with Crippen molar-refractivity contribution in [1.82, 2.24) is 4.90 Å². The van der Waals surface area contributed by atoms with Crippen LogP contribution in [0.2, 0.25) is 0 Å². The molecule has 1 aliphatic heterocycles. The number of nitrogens with two attached hydrogens (primary N) is 1. The number of halogens is 2. The largest absolute Gasteiger partial charge is 0.493 e. The molecule has 168 valence electrons. The second kappa shape index (κ2) is 11.1. The number of amides is 2. The number of rotatable bonds is 9. The van der Waals surface area contributed by atoms with Crippen molar-refractivity contribution in [1.29, 1.82) is 0 Å². The van der Waals surface area contributed by atoms with E-state index < -0.39 is 17.7 Å². The summed E-state index contributed by atoms with van der Waals surface area (Å²) in [6.07, 6.45) is 5.98. The molecule has 0 radical (unpaired) electrons. The van der Waals surface area contributed by atoms with Crippen molar-refractivity contribution in [3.8, 4) is 5.75 Å². The van der Waals surface area contributed by atoms with Crippen LogP contribution < -0.4 is 10.5 Å². The highest BCUT2D eigenvalue weighted by molar-refractivity contribution is 5.73. The predicted octanol–water partition coefficient (Wildman–Crippen LogP) is 6.31. The number of nitrogens with zero attached hydrogens (tertiary/aromatic N) is 1. The van der Waals surface area contributed by atoms with E-state index >= 15 is 0 Å². The normalized spacial score (nSPS) is 16.7. The van der Waals surface area contributed by atoms with Crippen LogP contribution in [0, 0.1) is 11.6 Å². The Morgan fingerprint density at radius 1 is 1.19 bits per heavy atom. The molecule has 1 heterocycles. The number of benzene rings is 2. The maximum absolute atomic E-state index is 14.5. The van der Waals surface area contributed by atoms with Gasteiger partial charge in [-0.3, -0.25) is 0 Å². The summed E-state index contributed by atoms with van der Waals surface area (Å²) in [5.41, 5.74) is 7.25. The van der Waals surface area contributed by atoms with Crippen molar-refractivity contribution in [2.24, 2.45) is 5.73 Å². The zero-order valence-corrected chi connectivity index (χ0v) is 18.2. The molecular weight excluding hydrogens is 398 g/mol. The number of hydrogen-bond donors (Lipinski definition) is 1. The van der Waals surface area contributed by atoms with Crippen molar-refractivity contribution in [3.63, 3.8) is 0 Å². The molecule has 0 aromatic heterocycles. The van der Waals surface area contributed by atoms with Crippen molar-refractivity contribution >= 4 is 6.03 Å². The number of unbranched alkanes of at least 4 members (excludes halogenated alkanes) is 2. The second-order valence-corrected chi connectivity index (χ2v) is 8.22. The highest BCUT2D eigenvalue weighted by Gasteiger charge is 2.29. The van der Waals surface area contributed by atoms with E-state index in [-0.39, 0.29) is 12.0 Å². The quantitative estimate of drug-likeness (QED) is 0.474. The van der Waals surface area contributed by atoms with Crippen molar-refractivity contribution in [3.05, 3.63) is 65.2 Å². The second-order valence-electron chi connectivity index (χ2n) is 8.22. The molecule has 0 saturated heterocycles. The summed E-state index contributed by atoms with van der Waals surface area (Å²) in [4.78, 5) is 14.1. The van der Waals surface area contributed by atoms with Gasteiger partial charge >= 0.3 is 6.03 Å². The molecule has 0 bridgehead atoms. The van der Waals surface area contributed by atoms with E-state index in [4.69, 9.17) is 10.5 Å². The van der Waals surface area contributed by atoms with Gasteiger partial charge in [0, 0.05) is 18.2 Å². The van der Waals surface area contributed by atoms with Gasteiger partial charge in [0.05, 0.1) is 12.6 Å². The van der Waals surface area contributed by atoms with Crippen molar-refractivity contribution in [2.45, 2.75) is 63.8 Å². The molecule has 2 N–H and O–H groups in total. The maximum Gasteiger partial charge on any atom is 0.315 e. The lowest BCUT2D eigenvalue weighted by Crippen LogP contribution is -2.40. The summed E-state index contributed by atoms with van der Waals surface area (Å²) >= 11 is 0. The molecule has 2 amide bonds. The Hall–Kier alpha value is -2.63. The van der Waals surface area contributed by atoms with Gasteiger partial charge < -0.3 is 15.4 Å². The summed E-state index contributed by atoms with van der Waals surface area (Å²) in [6.45, 7) is 3.12. The number of ether oxygens (including phenoxy) is 1. The minimum absolute atomic E-state index is 0.105. The van der Waals surface area contributed by atoms with E-state index in [1.807, 2.05) is 24.3 Å². The van der Waals surface area contributed by atoms with E-state index in [0.29, 0.717) is 25.1 Å². The van der Waals surface area contributed by atoms with Crippen LogP contribution in [-0.2, 0) is 0 Å². The first-order chi connectivity index (χ1) is 15.0. The lowest BCUT2D eigenvalue weighted by molar-refractivity contribution is 0.176. The van der Waals surface area contributed by atoms with Gasteiger partial charge in [-0.05, 0) is 49.3 Å². The average Bonchev–Trinajstić information content (AvgIpc) is 2.96. The third-order valence-corrected chi connectivity index (χ3v) is 6.09. The maximum atomic E-state index is 14.5. The lowest BCUT2D eigenvalue weighted by atomic mass is 9.89. The number of fused-ring (bicyclic) bond motifs is 1. The minimum Gasteiger partial charge on any atom is -0.493 e. The van der Waals surface area contributed by atoms with Crippen LogP contribution in [0.1, 0.15) is 75.0 Å². The number of carbonyl (C=O) groups excluding carboxylic acids is 1. The Bertz CT molecular complexity index is 874. The van der Waals surface area contributed by atoms with Crippen molar-refractivity contribution in [2.75, 3.05) is 13.2 Å². The van der Waals surface area contributed by atoms with E-state index in [1.165, 1.54) is 12.1 Å². The monoisotopic (exact) mass is 430 g/mol. The van der Waals surface area contributed by atoms with Gasteiger partial charge in [-0.25, -0.2) is 13.6 Å². The van der Waals surface area contributed by atoms with E-state index in [9.17, 15) is 13.6 Å². The number of hydrogen-bond acceptors (Lipinski definition) is 2. The van der Waals surface area contributed by atoms with Gasteiger partial charge in [0.25, 0.3) is 0 Å².